The zero-order chi connectivity index (χ0) is 9.76. The van der Waals surface area contributed by atoms with Crippen molar-refractivity contribution < 1.29 is 5.11 Å². The van der Waals surface area contributed by atoms with Crippen LogP contribution in [0.4, 0.5) is 0 Å². The number of hydrogen-bond acceptors (Lipinski definition) is 4. The molecule has 76 valence electrons. The SMILES string of the molecule is CC(O)(c1ccns1)C1C2CNC1C2. The van der Waals surface area contributed by atoms with E-state index in [1.807, 2.05) is 13.0 Å². The van der Waals surface area contributed by atoms with Crippen LogP contribution in [0.5, 0.6) is 0 Å². The zero-order valence-corrected chi connectivity index (χ0v) is 8.92. The molecule has 3 aliphatic rings. The van der Waals surface area contributed by atoms with Crippen molar-refractivity contribution in [3.8, 4) is 0 Å². The number of hydrogen-bond donors (Lipinski definition) is 2. The van der Waals surface area contributed by atoms with Gasteiger partial charge in [0.2, 0.25) is 0 Å². The van der Waals surface area contributed by atoms with Gasteiger partial charge >= 0.3 is 0 Å². The lowest BCUT2D eigenvalue weighted by molar-refractivity contribution is -0.0619. The first-order valence-corrected chi connectivity index (χ1v) is 5.84. The Hall–Kier alpha value is -0.450. The number of aliphatic hydroxyl groups is 1. The molecule has 2 N–H and O–H groups in total. The summed E-state index contributed by atoms with van der Waals surface area (Å²) >= 11 is 1.41. The van der Waals surface area contributed by atoms with Crippen LogP contribution in [0.3, 0.4) is 0 Å². The molecule has 4 unspecified atom stereocenters. The van der Waals surface area contributed by atoms with E-state index in [0.29, 0.717) is 17.9 Å². The van der Waals surface area contributed by atoms with Crippen LogP contribution >= 0.6 is 11.5 Å². The zero-order valence-electron chi connectivity index (χ0n) is 8.10. The van der Waals surface area contributed by atoms with Gasteiger partial charge in [0.25, 0.3) is 0 Å². The second-order valence-electron chi connectivity index (χ2n) is 4.56. The highest BCUT2D eigenvalue weighted by atomic mass is 32.1. The third-order valence-electron chi connectivity index (χ3n) is 3.73. The predicted molar refractivity (Wildman–Crippen MR) is 55.1 cm³/mol. The Labute approximate surface area is 87.3 Å². The van der Waals surface area contributed by atoms with Crippen molar-refractivity contribution in [3.05, 3.63) is 17.1 Å². The Bertz CT molecular complexity index is 322. The molecule has 1 aromatic rings. The lowest BCUT2D eigenvalue weighted by Gasteiger charge is -2.44. The molecule has 0 radical (unpaired) electrons. The molecule has 2 saturated heterocycles. The number of fused-ring (bicyclic) bond motifs is 1. The first kappa shape index (κ1) is 8.83. The molecule has 2 bridgehead atoms. The van der Waals surface area contributed by atoms with E-state index in [9.17, 15) is 5.11 Å². The molecule has 4 rings (SSSR count). The molecule has 2 aliphatic heterocycles. The maximum atomic E-state index is 10.5. The largest absolute Gasteiger partial charge is 0.384 e. The van der Waals surface area contributed by atoms with Crippen LogP contribution in [-0.4, -0.2) is 22.1 Å². The Morgan fingerprint density at radius 3 is 3.07 bits per heavy atom. The Balaban J connectivity index is 1.90. The van der Waals surface area contributed by atoms with Gasteiger partial charge in [-0.05, 0) is 43.4 Å². The summed E-state index contributed by atoms with van der Waals surface area (Å²) in [6.45, 7) is 3.00. The average Bonchev–Trinajstić information content (AvgIpc) is 2.81. The Morgan fingerprint density at radius 1 is 1.71 bits per heavy atom. The monoisotopic (exact) mass is 210 g/mol. The minimum absolute atomic E-state index is 0.392. The van der Waals surface area contributed by atoms with Crippen molar-refractivity contribution >= 4 is 11.5 Å². The van der Waals surface area contributed by atoms with Crippen molar-refractivity contribution in [2.75, 3.05) is 6.54 Å². The molecular weight excluding hydrogens is 196 g/mol. The molecule has 0 spiro atoms. The van der Waals surface area contributed by atoms with Crippen molar-refractivity contribution in [2.45, 2.75) is 25.0 Å². The van der Waals surface area contributed by atoms with E-state index in [-0.39, 0.29) is 0 Å². The van der Waals surface area contributed by atoms with E-state index >= 15 is 0 Å². The van der Waals surface area contributed by atoms with Gasteiger partial charge in [0.05, 0.1) is 4.88 Å². The first-order chi connectivity index (χ1) is 6.69. The molecule has 1 saturated carbocycles. The molecule has 3 heterocycles. The van der Waals surface area contributed by atoms with E-state index in [2.05, 4.69) is 9.69 Å². The second kappa shape index (κ2) is 2.78. The summed E-state index contributed by atoms with van der Waals surface area (Å²) in [6.07, 6.45) is 3.00. The van der Waals surface area contributed by atoms with E-state index in [4.69, 9.17) is 0 Å². The van der Waals surface area contributed by atoms with Gasteiger partial charge in [-0.25, -0.2) is 4.37 Å². The Kier molecular flexibility index (Phi) is 1.75. The van der Waals surface area contributed by atoms with Crippen LogP contribution in [-0.2, 0) is 5.60 Å². The highest BCUT2D eigenvalue weighted by molar-refractivity contribution is 7.05. The van der Waals surface area contributed by atoms with Crippen LogP contribution in [0, 0.1) is 11.8 Å². The summed E-state index contributed by atoms with van der Waals surface area (Å²) in [5.41, 5.74) is -0.682. The number of aromatic nitrogens is 1. The fraction of sp³-hybridized carbons (Fsp3) is 0.700. The average molecular weight is 210 g/mol. The predicted octanol–water partition coefficient (Wildman–Crippen LogP) is 0.958. The van der Waals surface area contributed by atoms with Gasteiger partial charge in [-0.1, -0.05) is 0 Å². The number of rotatable bonds is 2. The summed E-state index contributed by atoms with van der Waals surface area (Å²) in [4.78, 5) is 1.00. The molecule has 4 atom stereocenters. The first-order valence-electron chi connectivity index (χ1n) is 5.06. The molecule has 3 fully saturated rings. The van der Waals surface area contributed by atoms with E-state index in [1.165, 1.54) is 18.0 Å². The lowest BCUT2D eigenvalue weighted by atomic mass is 9.65. The molecular formula is C10H14N2OS. The molecule has 1 aliphatic carbocycles. The van der Waals surface area contributed by atoms with Crippen LogP contribution in [0.1, 0.15) is 18.2 Å². The van der Waals surface area contributed by atoms with Crippen LogP contribution in [0.2, 0.25) is 0 Å². The normalized spacial score (nSPS) is 39.1. The summed E-state index contributed by atoms with van der Waals surface area (Å²) in [6, 6.07) is 2.46. The molecule has 0 amide bonds. The maximum absolute atomic E-state index is 10.5. The smallest absolute Gasteiger partial charge is 0.102 e. The van der Waals surface area contributed by atoms with Gasteiger partial charge < -0.3 is 10.4 Å². The minimum Gasteiger partial charge on any atom is -0.384 e. The molecule has 0 aromatic carbocycles. The van der Waals surface area contributed by atoms with E-state index in [0.717, 1.165) is 11.4 Å². The minimum atomic E-state index is -0.682. The lowest BCUT2D eigenvalue weighted by Crippen LogP contribution is -2.49. The molecule has 1 aromatic heterocycles. The molecule has 4 heteroatoms. The van der Waals surface area contributed by atoms with Crippen molar-refractivity contribution in [3.63, 3.8) is 0 Å². The highest BCUT2D eigenvalue weighted by Crippen LogP contribution is 2.50. The standard InChI is InChI=1S/C10H14N2OS/c1-10(13,8-2-3-12-14-8)9-6-4-7(9)11-5-6/h2-3,6-7,9,11,13H,4-5H2,1H3. The maximum Gasteiger partial charge on any atom is 0.102 e. The Morgan fingerprint density at radius 2 is 2.57 bits per heavy atom. The van der Waals surface area contributed by atoms with Gasteiger partial charge in [-0.15, -0.1) is 0 Å². The van der Waals surface area contributed by atoms with Crippen molar-refractivity contribution in [1.29, 1.82) is 0 Å². The highest BCUT2D eigenvalue weighted by Gasteiger charge is 2.55. The van der Waals surface area contributed by atoms with Crippen LogP contribution in [0.25, 0.3) is 0 Å². The van der Waals surface area contributed by atoms with Crippen LogP contribution < -0.4 is 5.32 Å². The number of nitrogens with zero attached hydrogens (tertiary/aromatic N) is 1. The summed E-state index contributed by atoms with van der Waals surface area (Å²) in [5.74, 6) is 1.06. The molecule has 14 heavy (non-hydrogen) atoms. The van der Waals surface area contributed by atoms with Gasteiger partial charge in [0.15, 0.2) is 0 Å². The summed E-state index contributed by atoms with van der Waals surface area (Å²) in [7, 11) is 0. The number of nitrogens with one attached hydrogen (secondary N) is 1. The van der Waals surface area contributed by atoms with Gasteiger partial charge in [-0.3, -0.25) is 0 Å². The quantitative estimate of drug-likeness (QED) is 0.764. The van der Waals surface area contributed by atoms with Crippen molar-refractivity contribution in [1.82, 2.24) is 9.69 Å². The van der Waals surface area contributed by atoms with Gasteiger partial charge in [-0.2, -0.15) is 0 Å². The third-order valence-corrected chi connectivity index (χ3v) is 4.70. The topological polar surface area (TPSA) is 45.2 Å². The van der Waals surface area contributed by atoms with Gasteiger partial charge in [0.1, 0.15) is 5.60 Å². The fourth-order valence-corrected chi connectivity index (χ4v) is 3.65. The van der Waals surface area contributed by atoms with Crippen LogP contribution in [0.15, 0.2) is 12.3 Å². The third kappa shape index (κ3) is 1.02. The summed E-state index contributed by atoms with van der Waals surface area (Å²) in [5, 5.41) is 13.9. The fourth-order valence-electron chi connectivity index (χ4n) is 2.97. The molecule has 3 nitrogen and oxygen atoms in total. The van der Waals surface area contributed by atoms with Crippen molar-refractivity contribution in [2.24, 2.45) is 11.8 Å². The van der Waals surface area contributed by atoms with E-state index in [1.54, 1.807) is 6.20 Å². The van der Waals surface area contributed by atoms with E-state index < -0.39 is 5.60 Å². The second-order valence-corrected chi connectivity index (χ2v) is 5.39. The van der Waals surface area contributed by atoms with Gasteiger partial charge in [0, 0.05) is 18.2 Å². The summed E-state index contributed by atoms with van der Waals surface area (Å²) < 4.78 is 4.06.